The van der Waals surface area contributed by atoms with Crippen LogP contribution < -0.4 is 13.6 Å². The molecule has 1 aromatic carbocycles. The Morgan fingerprint density at radius 3 is 2.65 bits per heavy atom. The quantitative estimate of drug-likeness (QED) is 0.737. The topological polar surface area (TPSA) is 98.8 Å². The van der Waals surface area contributed by atoms with Crippen molar-refractivity contribution in [2.45, 2.75) is 71.1 Å². The van der Waals surface area contributed by atoms with Gasteiger partial charge in [0.25, 0.3) is 0 Å². The molecule has 1 amide bonds. The third-order valence-corrected chi connectivity index (χ3v) is 8.73. The van der Waals surface area contributed by atoms with Gasteiger partial charge in [-0.15, -0.1) is 0 Å². The molecule has 3 unspecified atom stereocenters. The number of hydrogen-bond donors (Lipinski definition) is 1. The van der Waals surface area contributed by atoms with Crippen molar-refractivity contribution in [2.75, 3.05) is 7.11 Å². The minimum Gasteiger partial charge on any atom is -0.493 e. The van der Waals surface area contributed by atoms with Crippen LogP contribution in [0.15, 0.2) is 12.1 Å². The third-order valence-electron chi connectivity index (χ3n) is 7.79. The van der Waals surface area contributed by atoms with E-state index in [1.807, 2.05) is 10.8 Å². The minimum atomic E-state index is -4.27. The van der Waals surface area contributed by atoms with Gasteiger partial charge in [0.2, 0.25) is 5.91 Å². The fourth-order valence-corrected chi connectivity index (χ4v) is 7.30. The average Bonchev–Trinajstić information content (AvgIpc) is 2.71. The van der Waals surface area contributed by atoms with E-state index in [0.29, 0.717) is 29.3 Å². The SMILES string of the molecule is CC[C@]12CCC3c4cc(OC)c(OS(=O)(=O)NC(C)=O)cc4CCC3C1CCCC2=O. The van der Waals surface area contributed by atoms with E-state index in [1.165, 1.54) is 12.7 Å². The third kappa shape index (κ3) is 3.83. The zero-order valence-electron chi connectivity index (χ0n) is 18.4. The van der Waals surface area contributed by atoms with Crippen molar-refractivity contribution in [3.05, 3.63) is 23.3 Å². The van der Waals surface area contributed by atoms with Gasteiger partial charge in [-0.25, -0.2) is 4.72 Å². The van der Waals surface area contributed by atoms with Crippen LogP contribution in [0.25, 0.3) is 0 Å². The number of Topliss-reactive ketones (excluding diaryl/α,β-unsaturated/α-hetero) is 1. The Balaban J connectivity index is 1.67. The zero-order chi connectivity index (χ0) is 22.4. The smallest absolute Gasteiger partial charge is 0.409 e. The summed E-state index contributed by atoms with van der Waals surface area (Å²) in [6.45, 7) is 3.27. The standard InChI is InChI=1S/C23H31NO6S/c1-4-23-11-10-16-17(19(23)6-5-7-22(23)26)9-8-15-12-21(20(29-3)13-18(15)16)30-31(27,28)24-14(2)25/h12-13,16-17,19H,4-11H2,1-3H3,(H,24,25)/t16?,17?,19?,23-/m0/s1. The molecule has 0 heterocycles. The van der Waals surface area contributed by atoms with Crippen LogP contribution in [0.5, 0.6) is 11.5 Å². The van der Waals surface area contributed by atoms with Crippen LogP contribution in [0, 0.1) is 17.3 Å². The maximum absolute atomic E-state index is 12.9. The Kier molecular flexibility index (Phi) is 5.79. The monoisotopic (exact) mass is 449 g/mol. The lowest BCUT2D eigenvalue weighted by atomic mass is 9.49. The molecule has 0 spiro atoms. The number of rotatable bonds is 5. The zero-order valence-corrected chi connectivity index (χ0v) is 19.2. The second-order valence-corrected chi connectivity index (χ2v) is 10.5. The molecule has 1 N–H and O–H groups in total. The highest BCUT2D eigenvalue weighted by Crippen LogP contribution is 2.60. The van der Waals surface area contributed by atoms with Crippen molar-refractivity contribution in [3.63, 3.8) is 0 Å². The number of benzene rings is 1. The summed E-state index contributed by atoms with van der Waals surface area (Å²) in [6, 6.07) is 3.63. The molecule has 8 heteroatoms. The second-order valence-electron chi connectivity index (χ2n) is 9.18. The Labute approximate surface area is 184 Å². The highest BCUT2D eigenvalue weighted by Gasteiger charge is 2.54. The van der Waals surface area contributed by atoms with Crippen molar-refractivity contribution in [2.24, 2.45) is 17.3 Å². The number of fused-ring (bicyclic) bond motifs is 5. The molecule has 0 saturated heterocycles. The molecule has 7 nitrogen and oxygen atoms in total. The molecule has 0 aromatic heterocycles. The van der Waals surface area contributed by atoms with Gasteiger partial charge in [0.05, 0.1) is 7.11 Å². The number of methoxy groups -OCH3 is 1. The van der Waals surface area contributed by atoms with Crippen LogP contribution in [-0.4, -0.2) is 27.2 Å². The number of ketones is 1. The molecule has 0 aliphatic heterocycles. The van der Waals surface area contributed by atoms with Gasteiger partial charge in [-0.05, 0) is 86.0 Å². The van der Waals surface area contributed by atoms with Gasteiger partial charge >= 0.3 is 10.3 Å². The Morgan fingerprint density at radius 1 is 1.19 bits per heavy atom. The van der Waals surface area contributed by atoms with Crippen molar-refractivity contribution < 1.29 is 26.9 Å². The number of hydrogen-bond acceptors (Lipinski definition) is 6. The number of ether oxygens (including phenoxy) is 1. The van der Waals surface area contributed by atoms with Crippen molar-refractivity contribution in [1.29, 1.82) is 0 Å². The van der Waals surface area contributed by atoms with Crippen LogP contribution >= 0.6 is 0 Å². The fourth-order valence-electron chi connectivity index (χ4n) is 6.54. The van der Waals surface area contributed by atoms with E-state index in [1.54, 1.807) is 6.07 Å². The fraction of sp³-hybridized carbons (Fsp3) is 0.652. The van der Waals surface area contributed by atoms with Crippen LogP contribution in [0.4, 0.5) is 0 Å². The molecule has 0 radical (unpaired) electrons. The van der Waals surface area contributed by atoms with Gasteiger partial charge in [0.1, 0.15) is 5.78 Å². The Hall–Kier alpha value is -2.09. The van der Waals surface area contributed by atoms with Crippen molar-refractivity contribution in [3.8, 4) is 11.5 Å². The second kappa shape index (κ2) is 8.11. The summed E-state index contributed by atoms with van der Waals surface area (Å²) in [5.74, 6) is 1.38. The summed E-state index contributed by atoms with van der Waals surface area (Å²) < 4.78 is 36.6. The highest BCUT2D eigenvalue weighted by atomic mass is 32.2. The molecular weight excluding hydrogens is 418 g/mol. The van der Waals surface area contributed by atoms with E-state index < -0.39 is 16.2 Å². The van der Waals surface area contributed by atoms with Crippen LogP contribution in [0.3, 0.4) is 0 Å². The Bertz CT molecular complexity index is 1000. The minimum absolute atomic E-state index is 0.0833. The summed E-state index contributed by atoms with van der Waals surface area (Å²) in [5.41, 5.74) is 2.08. The van der Waals surface area contributed by atoms with Gasteiger partial charge in [0, 0.05) is 18.8 Å². The first-order valence-electron chi connectivity index (χ1n) is 11.2. The predicted octanol–water partition coefficient (Wildman–Crippen LogP) is 3.66. The lowest BCUT2D eigenvalue weighted by Crippen LogP contribution is -2.50. The first-order chi connectivity index (χ1) is 14.7. The normalized spacial score (nSPS) is 29.9. The van der Waals surface area contributed by atoms with E-state index in [9.17, 15) is 18.0 Å². The molecule has 2 saturated carbocycles. The maximum Gasteiger partial charge on any atom is 0.409 e. The summed E-state index contributed by atoms with van der Waals surface area (Å²) in [7, 11) is -2.79. The van der Waals surface area contributed by atoms with Crippen molar-refractivity contribution >= 4 is 22.0 Å². The van der Waals surface area contributed by atoms with E-state index >= 15 is 0 Å². The first-order valence-corrected chi connectivity index (χ1v) is 12.6. The molecule has 4 rings (SSSR count). The molecular formula is C23H31NO6S. The lowest BCUT2D eigenvalue weighted by Gasteiger charge is -2.54. The van der Waals surface area contributed by atoms with Gasteiger partial charge in [0.15, 0.2) is 11.5 Å². The molecule has 1 aromatic rings. The van der Waals surface area contributed by atoms with Gasteiger partial charge in [-0.1, -0.05) is 6.92 Å². The molecule has 2 fully saturated rings. The summed E-state index contributed by atoms with van der Waals surface area (Å²) >= 11 is 0. The van der Waals surface area contributed by atoms with E-state index in [4.69, 9.17) is 8.92 Å². The molecule has 31 heavy (non-hydrogen) atoms. The van der Waals surface area contributed by atoms with Crippen molar-refractivity contribution in [1.82, 2.24) is 4.72 Å². The van der Waals surface area contributed by atoms with Crippen LogP contribution in [0.1, 0.15) is 75.8 Å². The summed E-state index contributed by atoms with van der Waals surface area (Å²) in [5, 5.41) is 0. The van der Waals surface area contributed by atoms with Crippen LogP contribution in [0.2, 0.25) is 0 Å². The van der Waals surface area contributed by atoms with Gasteiger partial charge in [-0.3, -0.25) is 9.59 Å². The maximum atomic E-state index is 12.9. The average molecular weight is 450 g/mol. The largest absolute Gasteiger partial charge is 0.493 e. The number of carbonyl (C=O) groups excluding carboxylic acids is 2. The molecule has 3 aliphatic rings. The lowest BCUT2D eigenvalue weighted by molar-refractivity contribution is -0.142. The molecule has 4 atom stereocenters. The summed E-state index contributed by atoms with van der Waals surface area (Å²) in [4.78, 5) is 24.1. The van der Waals surface area contributed by atoms with E-state index in [0.717, 1.165) is 63.9 Å². The number of carbonyl (C=O) groups is 2. The van der Waals surface area contributed by atoms with E-state index in [-0.39, 0.29) is 11.2 Å². The van der Waals surface area contributed by atoms with E-state index in [2.05, 4.69) is 6.92 Å². The predicted molar refractivity (Wildman–Crippen MR) is 115 cm³/mol. The number of nitrogens with one attached hydrogen (secondary N) is 1. The Morgan fingerprint density at radius 2 is 1.97 bits per heavy atom. The molecule has 0 bridgehead atoms. The van der Waals surface area contributed by atoms with Gasteiger partial charge in [-0.2, -0.15) is 8.42 Å². The van der Waals surface area contributed by atoms with Crippen LogP contribution in [-0.2, 0) is 26.3 Å². The number of aryl methyl sites for hydroxylation is 1. The molecule has 3 aliphatic carbocycles. The highest BCUT2D eigenvalue weighted by molar-refractivity contribution is 7.85. The van der Waals surface area contributed by atoms with Gasteiger partial charge < -0.3 is 8.92 Å². The number of amides is 1. The summed E-state index contributed by atoms with van der Waals surface area (Å²) in [6.07, 6.45) is 7.41. The molecule has 170 valence electrons. The first kappa shape index (κ1) is 22.1.